The van der Waals surface area contributed by atoms with E-state index in [1.165, 1.54) is 12.1 Å². The first-order chi connectivity index (χ1) is 10.8. The van der Waals surface area contributed by atoms with Crippen LogP contribution in [0.25, 0.3) is 0 Å². The molecule has 2 heterocycles. The van der Waals surface area contributed by atoms with Crippen LogP contribution in [0.3, 0.4) is 0 Å². The van der Waals surface area contributed by atoms with Gasteiger partial charge in [0, 0.05) is 31.6 Å². The first kappa shape index (κ1) is 16.2. The second-order valence-electron chi connectivity index (χ2n) is 6.11. The highest BCUT2D eigenvalue weighted by Crippen LogP contribution is 2.35. The van der Waals surface area contributed by atoms with Crippen molar-refractivity contribution in [3.05, 3.63) is 24.3 Å². The summed E-state index contributed by atoms with van der Waals surface area (Å²) >= 11 is 0. The second kappa shape index (κ2) is 5.77. The van der Waals surface area contributed by atoms with Crippen molar-refractivity contribution >= 4 is 21.8 Å². The molecule has 0 atom stereocenters. The zero-order chi connectivity index (χ0) is 16.7. The lowest BCUT2D eigenvalue weighted by molar-refractivity contribution is 0.00222. The average molecular weight is 339 g/mol. The SMILES string of the molecule is CCN1CCC2(CC1)CN(c1ccc(S(N)(=O)=O)cc1)C(=O)O2. The molecule has 0 aliphatic carbocycles. The molecule has 2 aliphatic heterocycles. The van der Waals surface area contributed by atoms with E-state index in [2.05, 4.69) is 11.8 Å². The summed E-state index contributed by atoms with van der Waals surface area (Å²) in [5.41, 5.74) is 0.193. The Bertz CT molecular complexity index is 694. The lowest BCUT2D eigenvalue weighted by atomic mass is 9.91. The van der Waals surface area contributed by atoms with Crippen molar-refractivity contribution in [2.24, 2.45) is 5.14 Å². The molecule has 1 aromatic carbocycles. The molecule has 7 nitrogen and oxygen atoms in total. The molecule has 23 heavy (non-hydrogen) atoms. The smallest absolute Gasteiger partial charge is 0.415 e. The minimum atomic E-state index is -3.73. The van der Waals surface area contributed by atoms with Crippen LogP contribution in [0.5, 0.6) is 0 Å². The molecule has 2 N–H and O–H groups in total. The zero-order valence-corrected chi connectivity index (χ0v) is 13.9. The lowest BCUT2D eigenvalue weighted by Gasteiger charge is -2.36. The summed E-state index contributed by atoms with van der Waals surface area (Å²) in [6.07, 6.45) is 1.26. The summed E-state index contributed by atoms with van der Waals surface area (Å²) in [5.74, 6) is 0. The highest BCUT2D eigenvalue weighted by atomic mass is 32.2. The summed E-state index contributed by atoms with van der Waals surface area (Å²) in [6, 6.07) is 5.98. The number of nitrogens with two attached hydrogens (primary N) is 1. The summed E-state index contributed by atoms with van der Waals surface area (Å²) in [6.45, 7) is 5.46. The van der Waals surface area contributed by atoms with Gasteiger partial charge in [0.15, 0.2) is 0 Å². The predicted molar refractivity (Wildman–Crippen MR) is 85.7 cm³/mol. The van der Waals surface area contributed by atoms with Crippen molar-refractivity contribution in [2.75, 3.05) is 31.1 Å². The van der Waals surface area contributed by atoms with Crippen LogP contribution in [0.1, 0.15) is 19.8 Å². The third kappa shape index (κ3) is 3.19. The third-order valence-corrected chi connectivity index (χ3v) is 5.59. The number of primary sulfonamides is 1. The molecule has 0 radical (unpaired) electrons. The van der Waals surface area contributed by atoms with Gasteiger partial charge in [-0.3, -0.25) is 4.90 Å². The number of ether oxygens (including phenoxy) is 1. The topological polar surface area (TPSA) is 92.9 Å². The van der Waals surface area contributed by atoms with Crippen molar-refractivity contribution in [3.8, 4) is 0 Å². The number of hydrogen-bond donors (Lipinski definition) is 1. The molecule has 0 saturated carbocycles. The molecule has 8 heteroatoms. The van der Waals surface area contributed by atoms with Gasteiger partial charge in [-0.05, 0) is 30.8 Å². The Hall–Kier alpha value is -1.64. The summed E-state index contributed by atoms with van der Waals surface area (Å²) in [4.78, 5) is 16.2. The van der Waals surface area contributed by atoms with E-state index in [-0.39, 0.29) is 11.0 Å². The fourth-order valence-corrected chi connectivity index (χ4v) is 3.69. The van der Waals surface area contributed by atoms with Gasteiger partial charge < -0.3 is 9.64 Å². The van der Waals surface area contributed by atoms with Gasteiger partial charge in [-0.2, -0.15) is 0 Å². The van der Waals surface area contributed by atoms with Crippen molar-refractivity contribution < 1.29 is 17.9 Å². The number of carbonyl (C=O) groups is 1. The van der Waals surface area contributed by atoms with Crippen molar-refractivity contribution in [2.45, 2.75) is 30.3 Å². The Kier molecular flexibility index (Phi) is 4.07. The molecule has 126 valence electrons. The van der Waals surface area contributed by atoms with Gasteiger partial charge in [0.2, 0.25) is 10.0 Å². The van der Waals surface area contributed by atoms with Gasteiger partial charge in [0.1, 0.15) is 5.60 Å². The molecule has 2 fully saturated rings. The summed E-state index contributed by atoms with van der Waals surface area (Å²) in [5, 5.41) is 5.09. The number of hydrogen-bond acceptors (Lipinski definition) is 5. The maximum Gasteiger partial charge on any atom is 0.415 e. The van der Waals surface area contributed by atoms with Gasteiger partial charge in [0.05, 0.1) is 11.4 Å². The molecule has 0 aromatic heterocycles. The Morgan fingerprint density at radius 3 is 2.35 bits per heavy atom. The Labute approximate surface area is 136 Å². The van der Waals surface area contributed by atoms with Gasteiger partial charge in [-0.15, -0.1) is 0 Å². The van der Waals surface area contributed by atoms with Crippen LogP contribution in [0.2, 0.25) is 0 Å². The molecule has 2 saturated heterocycles. The van der Waals surface area contributed by atoms with E-state index in [0.717, 1.165) is 32.5 Å². The number of amides is 1. The number of carbonyl (C=O) groups excluding carboxylic acids is 1. The summed E-state index contributed by atoms with van der Waals surface area (Å²) < 4.78 is 28.3. The molecular formula is C15H21N3O4S. The monoisotopic (exact) mass is 339 g/mol. The van der Waals surface area contributed by atoms with Crippen LogP contribution in [0.15, 0.2) is 29.2 Å². The van der Waals surface area contributed by atoms with Crippen LogP contribution >= 0.6 is 0 Å². The second-order valence-corrected chi connectivity index (χ2v) is 7.67. The highest BCUT2D eigenvalue weighted by Gasteiger charge is 2.47. The fraction of sp³-hybridized carbons (Fsp3) is 0.533. The van der Waals surface area contributed by atoms with E-state index < -0.39 is 15.6 Å². The van der Waals surface area contributed by atoms with E-state index in [0.29, 0.717) is 12.2 Å². The van der Waals surface area contributed by atoms with E-state index in [1.807, 2.05) is 0 Å². The zero-order valence-electron chi connectivity index (χ0n) is 13.1. The molecule has 1 amide bonds. The third-order valence-electron chi connectivity index (χ3n) is 4.66. The molecule has 2 aliphatic rings. The highest BCUT2D eigenvalue weighted by molar-refractivity contribution is 7.89. The van der Waals surface area contributed by atoms with Gasteiger partial charge in [-0.25, -0.2) is 18.4 Å². The maximum atomic E-state index is 12.2. The standard InChI is InChI=1S/C15H21N3O4S/c1-2-17-9-7-15(8-10-17)11-18(14(19)22-15)12-3-5-13(6-4-12)23(16,20)21/h3-6H,2,7-11H2,1H3,(H2,16,20,21). The van der Waals surface area contributed by atoms with Crippen LogP contribution in [-0.4, -0.2) is 51.2 Å². The quantitative estimate of drug-likeness (QED) is 0.891. The minimum Gasteiger partial charge on any atom is -0.441 e. The van der Waals surface area contributed by atoms with Crippen molar-refractivity contribution in [3.63, 3.8) is 0 Å². The van der Waals surface area contributed by atoms with Crippen LogP contribution in [0.4, 0.5) is 10.5 Å². The van der Waals surface area contributed by atoms with Gasteiger partial charge in [-0.1, -0.05) is 6.92 Å². The molecule has 0 bridgehead atoms. The largest absolute Gasteiger partial charge is 0.441 e. The molecule has 1 aromatic rings. The van der Waals surface area contributed by atoms with Crippen LogP contribution in [0, 0.1) is 0 Å². The van der Waals surface area contributed by atoms with E-state index in [1.54, 1.807) is 17.0 Å². The number of piperidine rings is 1. The summed E-state index contributed by atoms with van der Waals surface area (Å²) in [7, 11) is -3.73. The molecular weight excluding hydrogens is 318 g/mol. The number of likely N-dealkylation sites (tertiary alicyclic amines) is 1. The molecule has 0 unspecified atom stereocenters. The minimum absolute atomic E-state index is 0.0276. The normalized spacial score (nSPS) is 21.7. The number of benzene rings is 1. The Morgan fingerprint density at radius 1 is 1.22 bits per heavy atom. The maximum absolute atomic E-state index is 12.2. The molecule has 1 spiro atoms. The number of nitrogens with zero attached hydrogens (tertiary/aromatic N) is 2. The van der Waals surface area contributed by atoms with Crippen LogP contribution < -0.4 is 10.0 Å². The number of sulfonamides is 1. The number of rotatable bonds is 3. The van der Waals surface area contributed by atoms with Crippen molar-refractivity contribution in [1.29, 1.82) is 0 Å². The predicted octanol–water partition coefficient (Wildman–Crippen LogP) is 1.15. The average Bonchev–Trinajstić information content (AvgIpc) is 2.84. The Balaban J connectivity index is 1.76. The van der Waals surface area contributed by atoms with E-state index in [4.69, 9.17) is 9.88 Å². The van der Waals surface area contributed by atoms with Gasteiger partial charge in [0.25, 0.3) is 0 Å². The van der Waals surface area contributed by atoms with Crippen molar-refractivity contribution in [1.82, 2.24) is 4.90 Å². The first-order valence-corrected chi connectivity index (χ1v) is 9.23. The Morgan fingerprint density at radius 2 is 1.83 bits per heavy atom. The fourth-order valence-electron chi connectivity index (χ4n) is 3.17. The molecule has 3 rings (SSSR count). The van der Waals surface area contributed by atoms with Crippen LogP contribution in [-0.2, 0) is 14.8 Å². The van der Waals surface area contributed by atoms with E-state index in [9.17, 15) is 13.2 Å². The first-order valence-electron chi connectivity index (χ1n) is 7.69. The van der Waals surface area contributed by atoms with E-state index >= 15 is 0 Å². The van der Waals surface area contributed by atoms with Gasteiger partial charge >= 0.3 is 6.09 Å². The lowest BCUT2D eigenvalue weighted by Crippen LogP contribution is -2.46. The number of anilines is 1.